The highest BCUT2D eigenvalue weighted by atomic mass is 32.2. The number of hydrogen-bond donors (Lipinski definition) is 2. The van der Waals surface area contributed by atoms with Gasteiger partial charge in [0.05, 0.1) is 35.9 Å². The second-order valence-corrected chi connectivity index (χ2v) is 10.8. The summed E-state index contributed by atoms with van der Waals surface area (Å²) >= 11 is 8.01. The van der Waals surface area contributed by atoms with E-state index >= 15 is 0 Å². The molecule has 0 saturated carbocycles. The molecule has 0 aliphatic carbocycles. The van der Waals surface area contributed by atoms with Gasteiger partial charge in [0.25, 0.3) is 0 Å². The normalized spacial score (nSPS) is 21.0. The van der Waals surface area contributed by atoms with Crippen LogP contribution < -0.4 is 9.64 Å². The molecule has 5 rings (SSSR count). The van der Waals surface area contributed by atoms with Crippen molar-refractivity contribution in [3.8, 4) is 11.5 Å². The zero-order valence-corrected chi connectivity index (χ0v) is 21.1. The fourth-order valence-electron chi connectivity index (χ4n) is 4.49. The third-order valence-corrected chi connectivity index (χ3v) is 8.78. The molecular weight excluding hydrogens is 508 g/mol. The molecule has 3 atom stereocenters. The number of imide groups is 1. The average molecular weight is 529 g/mol. The molecule has 0 bridgehead atoms. The number of phenolic OH excluding ortho intramolecular Hbond substituents is 1. The Morgan fingerprint density at radius 3 is 2.57 bits per heavy atom. The van der Waals surface area contributed by atoms with Crippen molar-refractivity contribution in [1.82, 2.24) is 4.98 Å². The Kier molecular flexibility index (Phi) is 6.16. The van der Waals surface area contributed by atoms with Crippen molar-refractivity contribution in [3.05, 3.63) is 62.4 Å². The lowest BCUT2D eigenvalue weighted by Crippen LogP contribution is -2.32. The van der Waals surface area contributed by atoms with Crippen LogP contribution in [-0.4, -0.2) is 46.8 Å². The highest BCUT2D eigenvalue weighted by Crippen LogP contribution is 2.54. The molecule has 2 aliphatic heterocycles. The number of fused-ring (bicyclic) bond motifs is 2. The van der Waals surface area contributed by atoms with E-state index in [4.69, 9.17) is 21.7 Å². The number of ether oxygens (including phenoxy) is 2. The second-order valence-electron chi connectivity index (χ2n) is 7.96. The van der Waals surface area contributed by atoms with Crippen molar-refractivity contribution in [3.63, 3.8) is 0 Å². The minimum absolute atomic E-state index is 0.0522. The molecule has 1 fully saturated rings. The summed E-state index contributed by atoms with van der Waals surface area (Å²) in [7, 11) is 1.46. The first-order chi connectivity index (χ1) is 16.8. The van der Waals surface area contributed by atoms with E-state index in [0.717, 1.165) is 9.90 Å². The van der Waals surface area contributed by atoms with Gasteiger partial charge < -0.3 is 19.6 Å². The van der Waals surface area contributed by atoms with Crippen LogP contribution in [0.1, 0.15) is 33.6 Å². The van der Waals surface area contributed by atoms with Crippen LogP contribution in [0.15, 0.2) is 47.5 Å². The Balaban J connectivity index is 1.56. The molecule has 11 heteroatoms. The third-order valence-electron chi connectivity index (χ3n) is 6.02. The standard InChI is InChI=1S/C24H20N2O6S3/c1-3-32-23(30)11-4-7-13(8-5-11)26-21(28)17-16(12-6-9-15(31-2)14(27)10-12)18-20(25-24(33)35-18)34-19(17)22(26)29/h4-10,16-17,19,27H,3H2,1-2H3,(H,25,33). The van der Waals surface area contributed by atoms with Gasteiger partial charge in [-0.1, -0.05) is 17.8 Å². The third kappa shape index (κ3) is 3.93. The summed E-state index contributed by atoms with van der Waals surface area (Å²) in [6.07, 6.45) is 0. The summed E-state index contributed by atoms with van der Waals surface area (Å²) in [4.78, 5) is 44.5. The Bertz CT molecular complexity index is 1400. The minimum Gasteiger partial charge on any atom is -0.504 e. The van der Waals surface area contributed by atoms with E-state index in [2.05, 4.69) is 4.98 Å². The maximum atomic E-state index is 13.8. The van der Waals surface area contributed by atoms with E-state index in [1.807, 2.05) is 0 Å². The first kappa shape index (κ1) is 23.6. The molecule has 0 radical (unpaired) electrons. The maximum Gasteiger partial charge on any atom is 0.338 e. The van der Waals surface area contributed by atoms with Crippen LogP contribution in [-0.2, 0) is 14.3 Å². The Morgan fingerprint density at radius 2 is 1.91 bits per heavy atom. The van der Waals surface area contributed by atoms with Gasteiger partial charge in [0.15, 0.2) is 15.5 Å². The summed E-state index contributed by atoms with van der Waals surface area (Å²) in [5, 5.41) is 10.5. The molecular formula is C24H20N2O6S3. The SMILES string of the molecule is CCOC(=O)c1ccc(N2C(=O)C3Sc4[nH]c(=S)sc4C(c4ccc(OC)c(O)c4)C3C2=O)cc1. The predicted molar refractivity (Wildman–Crippen MR) is 134 cm³/mol. The number of anilines is 1. The van der Waals surface area contributed by atoms with Crippen LogP contribution in [0.4, 0.5) is 5.69 Å². The van der Waals surface area contributed by atoms with Gasteiger partial charge in [0.1, 0.15) is 5.25 Å². The lowest BCUT2D eigenvalue weighted by molar-refractivity contribution is -0.122. The number of methoxy groups -OCH3 is 1. The molecule has 3 aromatic rings. The number of phenols is 1. The lowest BCUT2D eigenvalue weighted by Gasteiger charge is -2.30. The Hall–Kier alpha value is -3.15. The van der Waals surface area contributed by atoms with Crippen molar-refractivity contribution in [2.45, 2.75) is 23.1 Å². The number of nitrogens with zero attached hydrogens (tertiary/aromatic N) is 1. The van der Waals surface area contributed by atoms with Gasteiger partial charge in [0.2, 0.25) is 11.8 Å². The van der Waals surface area contributed by atoms with Crippen molar-refractivity contribution < 1.29 is 29.0 Å². The molecule has 180 valence electrons. The summed E-state index contributed by atoms with van der Waals surface area (Å²) in [6, 6.07) is 11.2. The number of hydrogen-bond acceptors (Lipinski definition) is 9. The lowest BCUT2D eigenvalue weighted by atomic mass is 9.83. The number of benzene rings is 2. The Morgan fingerprint density at radius 1 is 1.17 bits per heavy atom. The average Bonchev–Trinajstić information content (AvgIpc) is 3.33. The van der Waals surface area contributed by atoms with Crippen molar-refractivity contribution in [1.29, 1.82) is 0 Å². The Labute approximate surface area is 213 Å². The van der Waals surface area contributed by atoms with E-state index in [1.165, 1.54) is 47.2 Å². The molecule has 2 aromatic carbocycles. The fraction of sp³-hybridized carbons (Fsp3) is 0.250. The first-order valence-electron chi connectivity index (χ1n) is 10.8. The largest absolute Gasteiger partial charge is 0.504 e. The number of aromatic hydroxyl groups is 1. The van der Waals surface area contributed by atoms with Crippen molar-refractivity contribution in [2.24, 2.45) is 5.92 Å². The quantitative estimate of drug-likeness (QED) is 0.283. The number of esters is 1. The van der Waals surface area contributed by atoms with Crippen LogP contribution in [0.5, 0.6) is 11.5 Å². The monoisotopic (exact) mass is 528 g/mol. The van der Waals surface area contributed by atoms with Gasteiger partial charge in [-0.15, -0.1) is 11.3 Å². The van der Waals surface area contributed by atoms with Gasteiger partial charge in [-0.3, -0.25) is 9.59 Å². The van der Waals surface area contributed by atoms with Gasteiger partial charge in [-0.05, 0) is 61.1 Å². The molecule has 2 amide bonds. The number of aromatic amines is 1. The van der Waals surface area contributed by atoms with Crippen molar-refractivity contribution >= 4 is 58.8 Å². The molecule has 3 heterocycles. The van der Waals surface area contributed by atoms with Gasteiger partial charge >= 0.3 is 5.97 Å². The predicted octanol–water partition coefficient (Wildman–Crippen LogP) is 4.49. The second kappa shape index (κ2) is 9.14. The molecule has 0 spiro atoms. The van der Waals surface area contributed by atoms with Gasteiger partial charge in [-0.25, -0.2) is 9.69 Å². The number of thiazole rings is 1. The number of thioether (sulfide) groups is 1. The summed E-state index contributed by atoms with van der Waals surface area (Å²) < 4.78 is 10.7. The molecule has 2 aliphatic rings. The molecule has 1 aromatic heterocycles. The number of H-pyrrole nitrogens is 1. The highest BCUT2D eigenvalue weighted by Gasteiger charge is 2.56. The molecule has 1 saturated heterocycles. The number of aromatic nitrogens is 1. The summed E-state index contributed by atoms with van der Waals surface area (Å²) in [5.74, 6) is -2.07. The van der Waals surface area contributed by atoms with Crippen LogP contribution in [0.3, 0.4) is 0 Å². The van der Waals surface area contributed by atoms with E-state index in [0.29, 0.717) is 26.5 Å². The van der Waals surface area contributed by atoms with Crippen LogP contribution in [0, 0.1) is 9.87 Å². The number of amides is 2. The highest BCUT2D eigenvalue weighted by molar-refractivity contribution is 8.01. The van der Waals surface area contributed by atoms with Gasteiger partial charge in [-0.2, -0.15) is 0 Å². The van der Waals surface area contributed by atoms with Crippen LogP contribution in [0.25, 0.3) is 0 Å². The maximum absolute atomic E-state index is 13.8. The molecule has 3 unspecified atom stereocenters. The zero-order chi connectivity index (χ0) is 24.9. The summed E-state index contributed by atoms with van der Waals surface area (Å²) in [5.41, 5.74) is 1.41. The van der Waals surface area contributed by atoms with Gasteiger partial charge in [0, 0.05) is 10.8 Å². The van der Waals surface area contributed by atoms with E-state index in [1.54, 1.807) is 37.3 Å². The minimum atomic E-state index is -0.695. The van der Waals surface area contributed by atoms with E-state index < -0.39 is 23.1 Å². The van der Waals surface area contributed by atoms with E-state index in [-0.39, 0.29) is 24.2 Å². The molecule has 2 N–H and O–H groups in total. The smallest absolute Gasteiger partial charge is 0.338 e. The molecule has 35 heavy (non-hydrogen) atoms. The van der Waals surface area contributed by atoms with E-state index in [9.17, 15) is 19.5 Å². The fourth-order valence-corrected chi connectivity index (χ4v) is 7.45. The summed E-state index contributed by atoms with van der Waals surface area (Å²) in [6.45, 7) is 1.97. The number of carbonyl (C=O) groups is 3. The molecule has 8 nitrogen and oxygen atoms in total. The number of carbonyl (C=O) groups excluding carboxylic acids is 3. The number of nitrogens with one attached hydrogen (secondary N) is 1. The zero-order valence-electron chi connectivity index (χ0n) is 18.6. The number of rotatable bonds is 5. The van der Waals surface area contributed by atoms with Crippen LogP contribution >= 0.6 is 35.3 Å². The van der Waals surface area contributed by atoms with Crippen molar-refractivity contribution in [2.75, 3.05) is 18.6 Å². The first-order valence-corrected chi connectivity index (χ1v) is 12.9. The topological polar surface area (TPSA) is 109 Å². The van der Waals surface area contributed by atoms with Crippen LogP contribution in [0.2, 0.25) is 0 Å².